The van der Waals surface area contributed by atoms with Crippen molar-refractivity contribution in [2.45, 2.75) is 13.8 Å². The van der Waals surface area contributed by atoms with E-state index in [0.717, 1.165) is 22.5 Å². The standard InChI is InChI=1S/C18H16ClNO/c1-12-3-9-16(10-4-12)20-17(21)11-13(2)18(20)14-5-7-15(19)8-6-14/h3-11,21H,1-2H3. The van der Waals surface area contributed by atoms with Gasteiger partial charge in [0.1, 0.15) is 0 Å². The molecule has 0 saturated carbocycles. The molecule has 3 heteroatoms. The van der Waals surface area contributed by atoms with Crippen LogP contribution in [0.3, 0.4) is 0 Å². The number of benzene rings is 2. The van der Waals surface area contributed by atoms with Crippen LogP contribution in [0.5, 0.6) is 5.88 Å². The minimum Gasteiger partial charge on any atom is -0.494 e. The quantitative estimate of drug-likeness (QED) is 0.698. The molecule has 3 rings (SSSR count). The highest BCUT2D eigenvalue weighted by atomic mass is 35.5. The average Bonchev–Trinajstić information content (AvgIpc) is 2.75. The van der Waals surface area contributed by atoms with Crippen LogP contribution in [0, 0.1) is 13.8 Å². The van der Waals surface area contributed by atoms with Gasteiger partial charge >= 0.3 is 0 Å². The molecule has 0 aliphatic rings. The molecule has 2 nitrogen and oxygen atoms in total. The van der Waals surface area contributed by atoms with Gasteiger partial charge in [-0.3, -0.25) is 4.57 Å². The van der Waals surface area contributed by atoms with E-state index in [-0.39, 0.29) is 5.88 Å². The monoisotopic (exact) mass is 297 g/mol. The smallest absolute Gasteiger partial charge is 0.196 e. The molecule has 1 N–H and O–H groups in total. The van der Waals surface area contributed by atoms with Crippen LogP contribution < -0.4 is 0 Å². The molecule has 1 heterocycles. The first-order valence-corrected chi connectivity index (χ1v) is 7.18. The second-order valence-electron chi connectivity index (χ2n) is 5.21. The predicted octanol–water partition coefficient (Wildman–Crippen LogP) is 5.12. The zero-order valence-electron chi connectivity index (χ0n) is 12.0. The van der Waals surface area contributed by atoms with Gasteiger partial charge in [-0.15, -0.1) is 0 Å². The second-order valence-corrected chi connectivity index (χ2v) is 5.65. The molecule has 21 heavy (non-hydrogen) atoms. The van der Waals surface area contributed by atoms with Gasteiger partial charge in [0, 0.05) is 16.8 Å². The lowest BCUT2D eigenvalue weighted by Crippen LogP contribution is -1.97. The molecule has 0 saturated heterocycles. The largest absolute Gasteiger partial charge is 0.494 e. The fourth-order valence-electron chi connectivity index (χ4n) is 2.54. The summed E-state index contributed by atoms with van der Waals surface area (Å²) in [5, 5.41) is 11.0. The maximum atomic E-state index is 10.3. The molecular weight excluding hydrogens is 282 g/mol. The number of nitrogens with zero attached hydrogens (tertiary/aromatic N) is 1. The molecule has 0 radical (unpaired) electrons. The molecule has 0 atom stereocenters. The number of halogens is 1. The van der Waals surface area contributed by atoms with E-state index in [0.29, 0.717) is 5.02 Å². The van der Waals surface area contributed by atoms with E-state index in [9.17, 15) is 5.11 Å². The summed E-state index contributed by atoms with van der Waals surface area (Å²) < 4.78 is 1.86. The Kier molecular flexibility index (Phi) is 3.48. The summed E-state index contributed by atoms with van der Waals surface area (Å²) in [6.45, 7) is 4.04. The third kappa shape index (κ3) is 2.55. The van der Waals surface area contributed by atoms with E-state index in [4.69, 9.17) is 11.6 Å². The lowest BCUT2D eigenvalue weighted by molar-refractivity contribution is 0.443. The van der Waals surface area contributed by atoms with Crippen LogP contribution >= 0.6 is 11.6 Å². The van der Waals surface area contributed by atoms with Crippen molar-refractivity contribution in [3.8, 4) is 22.8 Å². The third-order valence-corrected chi connectivity index (χ3v) is 3.83. The second kappa shape index (κ2) is 5.30. The number of aryl methyl sites for hydroxylation is 2. The fraction of sp³-hybridized carbons (Fsp3) is 0.111. The lowest BCUT2D eigenvalue weighted by Gasteiger charge is -2.12. The Labute approximate surface area is 129 Å². The van der Waals surface area contributed by atoms with Crippen molar-refractivity contribution < 1.29 is 5.11 Å². The summed E-state index contributed by atoms with van der Waals surface area (Å²) in [6.07, 6.45) is 0. The van der Waals surface area contributed by atoms with Crippen LogP contribution in [0.4, 0.5) is 0 Å². The number of hydrogen-bond donors (Lipinski definition) is 1. The molecule has 0 fully saturated rings. The highest BCUT2D eigenvalue weighted by Crippen LogP contribution is 2.34. The predicted molar refractivity (Wildman–Crippen MR) is 87.4 cm³/mol. The van der Waals surface area contributed by atoms with Crippen LogP contribution in [0.1, 0.15) is 11.1 Å². The van der Waals surface area contributed by atoms with Crippen molar-refractivity contribution in [2.75, 3.05) is 0 Å². The van der Waals surface area contributed by atoms with Crippen LogP contribution in [0.25, 0.3) is 16.9 Å². The molecule has 0 unspecified atom stereocenters. The SMILES string of the molecule is Cc1ccc(-n2c(O)cc(C)c2-c2ccc(Cl)cc2)cc1. The number of rotatable bonds is 2. The van der Waals surface area contributed by atoms with Gasteiger partial charge in [0.25, 0.3) is 0 Å². The summed E-state index contributed by atoms with van der Waals surface area (Å²) in [4.78, 5) is 0. The Balaban J connectivity index is 2.21. The Morgan fingerprint density at radius 2 is 1.52 bits per heavy atom. The van der Waals surface area contributed by atoms with E-state index in [1.807, 2.05) is 66.9 Å². The molecule has 2 aromatic carbocycles. The summed E-state index contributed by atoms with van der Waals surface area (Å²) in [7, 11) is 0. The molecule has 1 aromatic heterocycles. The van der Waals surface area contributed by atoms with Gasteiger partial charge < -0.3 is 5.11 Å². The van der Waals surface area contributed by atoms with E-state index in [1.54, 1.807) is 6.07 Å². The zero-order valence-corrected chi connectivity index (χ0v) is 12.7. The number of hydrogen-bond acceptors (Lipinski definition) is 1. The molecule has 0 bridgehead atoms. The van der Waals surface area contributed by atoms with E-state index < -0.39 is 0 Å². The Hall–Kier alpha value is -2.19. The van der Waals surface area contributed by atoms with Crippen molar-refractivity contribution >= 4 is 11.6 Å². The normalized spacial score (nSPS) is 10.8. The molecule has 0 aliphatic heterocycles. The first kappa shape index (κ1) is 13.8. The van der Waals surface area contributed by atoms with Crippen LogP contribution in [-0.4, -0.2) is 9.67 Å². The lowest BCUT2D eigenvalue weighted by atomic mass is 10.1. The highest BCUT2D eigenvalue weighted by Gasteiger charge is 2.15. The summed E-state index contributed by atoms with van der Waals surface area (Å²) in [6, 6.07) is 17.5. The van der Waals surface area contributed by atoms with Gasteiger partial charge in [0.15, 0.2) is 5.88 Å². The van der Waals surface area contributed by atoms with Crippen molar-refractivity contribution in [3.05, 3.63) is 70.7 Å². The fourth-order valence-corrected chi connectivity index (χ4v) is 2.66. The van der Waals surface area contributed by atoms with Crippen molar-refractivity contribution in [1.82, 2.24) is 4.57 Å². The van der Waals surface area contributed by atoms with Crippen molar-refractivity contribution in [3.63, 3.8) is 0 Å². The van der Waals surface area contributed by atoms with E-state index in [2.05, 4.69) is 0 Å². The molecule has 0 spiro atoms. The summed E-state index contributed by atoms with van der Waals surface area (Å²) >= 11 is 5.96. The number of aromatic nitrogens is 1. The minimum atomic E-state index is 0.237. The van der Waals surface area contributed by atoms with Crippen LogP contribution in [0.15, 0.2) is 54.6 Å². The van der Waals surface area contributed by atoms with Gasteiger partial charge in [-0.25, -0.2) is 0 Å². The Morgan fingerprint density at radius 1 is 0.905 bits per heavy atom. The molecule has 0 aliphatic carbocycles. The number of aromatic hydroxyl groups is 1. The van der Waals surface area contributed by atoms with Gasteiger partial charge in [-0.05, 0) is 49.2 Å². The van der Waals surface area contributed by atoms with Gasteiger partial charge in [0.05, 0.1) is 5.69 Å². The van der Waals surface area contributed by atoms with E-state index in [1.165, 1.54) is 5.56 Å². The molecular formula is C18H16ClNO. The minimum absolute atomic E-state index is 0.237. The topological polar surface area (TPSA) is 25.2 Å². The van der Waals surface area contributed by atoms with Gasteiger partial charge in [0.2, 0.25) is 0 Å². The van der Waals surface area contributed by atoms with Crippen LogP contribution in [-0.2, 0) is 0 Å². The molecule has 0 amide bonds. The molecule has 106 valence electrons. The van der Waals surface area contributed by atoms with Crippen LogP contribution in [0.2, 0.25) is 5.02 Å². The molecule has 3 aromatic rings. The van der Waals surface area contributed by atoms with E-state index >= 15 is 0 Å². The third-order valence-electron chi connectivity index (χ3n) is 3.58. The first-order chi connectivity index (χ1) is 10.1. The van der Waals surface area contributed by atoms with Crippen molar-refractivity contribution in [1.29, 1.82) is 0 Å². The maximum absolute atomic E-state index is 10.3. The summed E-state index contributed by atoms with van der Waals surface area (Å²) in [5.74, 6) is 0.237. The summed E-state index contributed by atoms with van der Waals surface area (Å²) in [5.41, 5.74) is 5.16. The highest BCUT2D eigenvalue weighted by molar-refractivity contribution is 6.30. The average molecular weight is 298 g/mol. The van der Waals surface area contributed by atoms with Gasteiger partial charge in [-0.1, -0.05) is 41.4 Å². The Morgan fingerprint density at radius 3 is 2.14 bits per heavy atom. The van der Waals surface area contributed by atoms with Gasteiger partial charge in [-0.2, -0.15) is 0 Å². The maximum Gasteiger partial charge on any atom is 0.196 e. The Bertz CT molecular complexity index is 704. The zero-order chi connectivity index (χ0) is 15.0. The first-order valence-electron chi connectivity index (χ1n) is 6.80. The van der Waals surface area contributed by atoms with Crippen molar-refractivity contribution in [2.24, 2.45) is 0 Å².